The number of aryl methyl sites for hydroxylation is 1. The highest BCUT2D eigenvalue weighted by Crippen LogP contribution is 2.20. The van der Waals surface area contributed by atoms with Crippen LogP contribution in [0.5, 0.6) is 0 Å². The summed E-state index contributed by atoms with van der Waals surface area (Å²) in [4.78, 5) is 11.9. The van der Waals surface area contributed by atoms with Gasteiger partial charge in [0.1, 0.15) is 5.82 Å². The third-order valence-corrected chi connectivity index (χ3v) is 2.95. The highest BCUT2D eigenvalue weighted by atomic mass is 35.5. The van der Waals surface area contributed by atoms with Crippen LogP contribution in [0.15, 0.2) is 24.4 Å². The molecule has 2 rings (SSSR count). The molecule has 0 radical (unpaired) electrons. The van der Waals surface area contributed by atoms with Crippen molar-refractivity contribution in [1.82, 2.24) is 9.78 Å². The van der Waals surface area contributed by atoms with E-state index >= 15 is 0 Å². The summed E-state index contributed by atoms with van der Waals surface area (Å²) in [5.74, 6) is -0.824. The van der Waals surface area contributed by atoms with E-state index < -0.39 is 5.82 Å². The van der Waals surface area contributed by atoms with Crippen LogP contribution in [0.4, 0.5) is 10.1 Å². The molecule has 1 N–H and O–H groups in total. The average Bonchev–Trinajstić information content (AvgIpc) is 2.65. The fraction of sp³-hybridized carbons (Fsp3) is 0.167. The minimum Gasteiger partial charge on any atom is -0.322 e. The van der Waals surface area contributed by atoms with E-state index in [1.54, 1.807) is 18.7 Å². The van der Waals surface area contributed by atoms with Crippen molar-refractivity contribution in [3.05, 3.63) is 46.5 Å². The lowest BCUT2D eigenvalue weighted by Crippen LogP contribution is -2.13. The lowest BCUT2D eigenvalue weighted by Gasteiger charge is -2.05. The molecule has 1 heterocycles. The number of hydrogen-bond acceptors (Lipinski definition) is 2. The van der Waals surface area contributed by atoms with Crippen molar-refractivity contribution in [3.8, 4) is 0 Å². The van der Waals surface area contributed by atoms with Crippen molar-refractivity contribution in [2.75, 3.05) is 5.32 Å². The van der Waals surface area contributed by atoms with Gasteiger partial charge < -0.3 is 5.32 Å². The SMILES string of the molecule is Cc1c(C(=O)Nc2ccc(F)c(Cl)c2)cnn1C. The zero-order valence-electron chi connectivity index (χ0n) is 9.87. The van der Waals surface area contributed by atoms with E-state index in [2.05, 4.69) is 10.4 Å². The summed E-state index contributed by atoms with van der Waals surface area (Å²) in [6, 6.07) is 4.01. The molecule has 18 heavy (non-hydrogen) atoms. The molecule has 0 saturated heterocycles. The molecule has 0 aliphatic carbocycles. The molecule has 94 valence electrons. The standard InChI is InChI=1S/C12H11ClFN3O/c1-7-9(6-15-17(7)2)12(18)16-8-3-4-11(14)10(13)5-8/h3-6H,1-2H3,(H,16,18). The maximum atomic E-state index is 13.0. The minimum atomic E-state index is -0.521. The second-order valence-electron chi connectivity index (χ2n) is 3.85. The Morgan fingerprint density at radius 3 is 2.78 bits per heavy atom. The molecule has 0 bridgehead atoms. The average molecular weight is 268 g/mol. The molecule has 0 spiro atoms. The highest BCUT2D eigenvalue weighted by Gasteiger charge is 2.13. The Morgan fingerprint density at radius 2 is 2.22 bits per heavy atom. The molecule has 0 aliphatic heterocycles. The van der Waals surface area contributed by atoms with Crippen LogP contribution < -0.4 is 5.32 Å². The van der Waals surface area contributed by atoms with E-state index in [0.29, 0.717) is 11.3 Å². The molecule has 1 aromatic heterocycles. The van der Waals surface area contributed by atoms with Crippen LogP contribution in [0, 0.1) is 12.7 Å². The van der Waals surface area contributed by atoms with Crippen molar-refractivity contribution < 1.29 is 9.18 Å². The van der Waals surface area contributed by atoms with Gasteiger partial charge >= 0.3 is 0 Å². The molecular formula is C12H11ClFN3O. The molecule has 0 atom stereocenters. The maximum absolute atomic E-state index is 13.0. The van der Waals surface area contributed by atoms with Crippen molar-refractivity contribution in [2.45, 2.75) is 6.92 Å². The summed E-state index contributed by atoms with van der Waals surface area (Å²) < 4.78 is 14.6. The van der Waals surface area contributed by atoms with Gasteiger partial charge in [0.2, 0.25) is 0 Å². The Labute approximate surface area is 108 Å². The van der Waals surface area contributed by atoms with E-state index in [1.807, 2.05) is 0 Å². The number of amides is 1. The molecule has 0 saturated carbocycles. The quantitative estimate of drug-likeness (QED) is 0.909. The van der Waals surface area contributed by atoms with E-state index in [1.165, 1.54) is 24.4 Å². The Morgan fingerprint density at radius 1 is 1.50 bits per heavy atom. The third-order valence-electron chi connectivity index (χ3n) is 2.66. The Hall–Kier alpha value is -1.88. The number of aromatic nitrogens is 2. The van der Waals surface area contributed by atoms with Gasteiger partial charge in [-0.25, -0.2) is 4.39 Å². The first-order valence-corrected chi connectivity index (χ1v) is 5.62. The second-order valence-corrected chi connectivity index (χ2v) is 4.26. The van der Waals surface area contributed by atoms with Crippen molar-refractivity contribution in [3.63, 3.8) is 0 Å². The number of rotatable bonds is 2. The van der Waals surface area contributed by atoms with Crippen LogP contribution in [0.3, 0.4) is 0 Å². The van der Waals surface area contributed by atoms with Crippen LogP contribution in [0.1, 0.15) is 16.1 Å². The lowest BCUT2D eigenvalue weighted by atomic mass is 10.2. The first-order chi connectivity index (χ1) is 8.49. The Bertz CT molecular complexity index is 609. The van der Waals surface area contributed by atoms with Gasteiger partial charge in [0, 0.05) is 18.4 Å². The molecule has 1 amide bonds. The number of hydrogen-bond donors (Lipinski definition) is 1. The number of halogens is 2. The summed E-state index contributed by atoms with van der Waals surface area (Å²) in [6.45, 7) is 1.79. The number of carbonyl (C=O) groups is 1. The lowest BCUT2D eigenvalue weighted by molar-refractivity contribution is 0.102. The largest absolute Gasteiger partial charge is 0.322 e. The fourth-order valence-electron chi connectivity index (χ4n) is 1.49. The summed E-state index contributed by atoms with van der Waals surface area (Å²) in [6.07, 6.45) is 1.48. The van der Waals surface area contributed by atoms with Crippen LogP contribution in [0.25, 0.3) is 0 Å². The summed E-state index contributed by atoms with van der Waals surface area (Å²) >= 11 is 5.64. The Balaban J connectivity index is 2.21. The van der Waals surface area contributed by atoms with E-state index in [9.17, 15) is 9.18 Å². The molecule has 6 heteroatoms. The normalized spacial score (nSPS) is 10.4. The van der Waals surface area contributed by atoms with Gasteiger partial charge in [-0.2, -0.15) is 5.10 Å². The smallest absolute Gasteiger partial charge is 0.259 e. The second kappa shape index (κ2) is 4.78. The zero-order valence-corrected chi connectivity index (χ0v) is 10.6. The topological polar surface area (TPSA) is 46.9 Å². The van der Waals surface area contributed by atoms with Crippen molar-refractivity contribution >= 4 is 23.2 Å². The minimum absolute atomic E-state index is 0.0318. The van der Waals surface area contributed by atoms with E-state index in [0.717, 1.165) is 5.69 Å². The first kappa shape index (κ1) is 12.6. The van der Waals surface area contributed by atoms with Gasteiger partial charge in [-0.3, -0.25) is 9.48 Å². The molecule has 0 aliphatic rings. The fourth-order valence-corrected chi connectivity index (χ4v) is 1.67. The molecule has 0 unspecified atom stereocenters. The molecule has 0 fully saturated rings. The van der Waals surface area contributed by atoms with Crippen LogP contribution in [-0.4, -0.2) is 15.7 Å². The summed E-state index contributed by atoms with van der Waals surface area (Å²) in [5.41, 5.74) is 1.66. The third kappa shape index (κ3) is 2.36. The monoisotopic (exact) mass is 267 g/mol. The first-order valence-electron chi connectivity index (χ1n) is 5.24. The summed E-state index contributed by atoms with van der Waals surface area (Å²) in [5, 5.41) is 6.59. The van der Waals surface area contributed by atoms with Gasteiger partial charge in [-0.1, -0.05) is 11.6 Å². The predicted octanol–water partition coefficient (Wildman–Crippen LogP) is 2.77. The highest BCUT2D eigenvalue weighted by molar-refractivity contribution is 6.31. The number of carbonyl (C=O) groups excluding carboxylic acids is 1. The van der Waals surface area contributed by atoms with Crippen molar-refractivity contribution in [1.29, 1.82) is 0 Å². The van der Waals surface area contributed by atoms with Crippen LogP contribution in [-0.2, 0) is 7.05 Å². The van der Waals surface area contributed by atoms with Crippen LogP contribution >= 0.6 is 11.6 Å². The van der Waals surface area contributed by atoms with E-state index in [-0.39, 0.29) is 10.9 Å². The number of nitrogens with one attached hydrogen (secondary N) is 1. The van der Waals surface area contributed by atoms with Gasteiger partial charge in [-0.05, 0) is 25.1 Å². The van der Waals surface area contributed by atoms with Gasteiger partial charge in [0.05, 0.1) is 16.8 Å². The van der Waals surface area contributed by atoms with Crippen LogP contribution in [0.2, 0.25) is 5.02 Å². The molecule has 4 nitrogen and oxygen atoms in total. The van der Waals surface area contributed by atoms with Gasteiger partial charge in [0.25, 0.3) is 5.91 Å². The predicted molar refractivity (Wildman–Crippen MR) is 67.3 cm³/mol. The Kier molecular flexibility index (Phi) is 3.34. The molecule has 2 aromatic rings. The van der Waals surface area contributed by atoms with Crippen molar-refractivity contribution in [2.24, 2.45) is 7.05 Å². The molecular weight excluding hydrogens is 257 g/mol. The van der Waals surface area contributed by atoms with E-state index in [4.69, 9.17) is 11.6 Å². The number of benzene rings is 1. The van der Waals surface area contributed by atoms with Gasteiger partial charge in [0.15, 0.2) is 0 Å². The number of anilines is 1. The van der Waals surface area contributed by atoms with Gasteiger partial charge in [-0.15, -0.1) is 0 Å². The number of nitrogens with zero attached hydrogens (tertiary/aromatic N) is 2. The summed E-state index contributed by atoms with van der Waals surface area (Å²) in [7, 11) is 1.75. The zero-order chi connectivity index (χ0) is 13.3. The maximum Gasteiger partial charge on any atom is 0.259 e. The molecule has 1 aromatic carbocycles.